The Kier molecular flexibility index (Phi) is 5.03. The summed E-state index contributed by atoms with van der Waals surface area (Å²) in [4.78, 5) is 26.8. The minimum atomic E-state index is -0.301. The number of thiophene rings is 1. The molecule has 0 bridgehead atoms. The summed E-state index contributed by atoms with van der Waals surface area (Å²) in [5.74, 6) is 0. The first-order chi connectivity index (χ1) is 10.0. The summed E-state index contributed by atoms with van der Waals surface area (Å²) >= 11 is 7.33. The summed E-state index contributed by atoms with van der Waals surface area (Å²) in [6.45, 7) is 2.89. The SMILES string of the molecule is CCN(Cc1ccc(Cl)s1)C(=O)Nc1cccn(C)c1=O. The number of hydrogen-bond acceptors (Lipinski definition) is 3. The quantitative estimate of drug-likeness (QED) is 0.938. The van der Waals surface area contributed by atoms with E-state index >= 15 is 0 Å². The van der Waals surface area contributed by atoms with Gasteiger partial charge in [-0.3, -0.25) is 4.79 Å². The Morgan fingerprint density at radius 1 is 1.43 bits per heavy atom. The van der Waals surface area contributed by atoms with Gasteiger partial charge in [-0.15, -0.1) is 11.3 Å². The van der Waals surface area contributed by atoms with Crippen molar-refractivity contribution in [2.24, 2.45) is 7.05 Å². The second kappa shape index (κ2) is 6.78. The topological polar surface area (TPSA) is 54.3 Å². The number of pyridine rings is 1. The fourth-order valence-corrected chi connectivity index (χ4v) is 2.94. The molecule has 0 saturated carbocycles. The fraction of sp³-hybridized carbons (Fsp3) is 0.286. The van der Waals surface area contributed by atoms with Crippen molar-refractivity contribution in [2.45, 2.75) is 13.5 Å². The maximum Gasteiger partial charge on any atom is 0.322 e. The molecule has 0 spiro atoms. The highest BCUT2D eigenvalue weighted by Gasteiger charge is 2.14. The van der Waals surface area contributed by atoms with Gasteiger partial charge in [0.05, 0.1) is 10.9 Å². The number of aromatic nitrogens is 1. The van der Waals surface area contributed by atoms with Crippen LogP contribution in [0.4, 0.5) is 10.5 Å². The van der Waals surface area contributed by atoms with Crippen LogP contribution < -0.4 is 10.9 Å². The lowest BCUT2D eigenvalue weighted by Crippen LogP contribution is -2.36. The van der Waals surface area contributed by atoms with E-state index in [4.69, 9.17) is 11.6 Å². The zero-order valence-electron chi connectivity index (χ0n) is 11.8. The molecule has 2 heterocycles. The number of amides is 2. The van der Waals surface area contributed by atoms with Crippen LogP contribution in [0.15, 0.2) is 35.3 Å². The van der Waals surface area contributed by atoms with Crippen LogP contribution in [0, 0.1) is 0 Å². The van der Waals surface area contributed by atoms with Gasteiger partial charge in [-0.05, 0) is 31.2 Å². The second-order valence-corrected chi connectivity index (χ2v) is 6.29. The molecule has 0 radical (unpaired) electrons. The van der Waals surface area contributed by atoms with Crippen LogP contribution in [-0.4, -0.2) is 22.0 Å². The summed E-state index contributed by atoms with van der Waals surface area (Å²) in [5, 5.41) is 2.65. The second-order valence-electron chi connectivity index (χ2n) is 4.49. The Morgan fingerprint density at radius 3 is 2.81 bits per heavy atom. The van der Waals surface area contributed by atoms with Crippen molar-refractivity contribution in [3.05, 3.63) is 50.0 Å². The molecule has 0 fully saturated rings. The van der Waals surface area contributed by atoms with Crippen LogP contribution in [0.25, 0.3) is 0 Å². The third kappa shape index (κ3) is 3.86. The number of urea groups is 1. The lowest BCUT2D eigenvalue weighted by molar-refractivity contribution is 0.212. The molecule has 2 amide bonds. The molecular formula is C14H16ClN3O2S. The number of hydrogen-bond donors (Lipinski definition) is 1. The fourth-order valence-electron chi connectivity index (χ4n) is 1.84. The molecule has 112 valence electrons. The summed E-state index contributed by atoms with van der Waals surface area (Å²) < 4.78 is 2.11. The molecule has 5 nitrogen and oxygen atoms in total. The molecular weight excluding hydrogens is 310 g/mol. The average Bonchev–Trinajstić information content (AvgIpc) is 2.86. The maximum absolute atomic E-state index is 12.3. The van der Waals surface area contributed by atoms with E-state index in [0.29, 0.717) is 17.4 Å². The molecule has 2 rings (SSSR count). The van der Waals surface area contributed by atoms with Crippen LogP contribution >= 0.6 is 22.9 Å². The lowest BCUT2D eigenvalue weighted by atomic mass is 10.4. The molecule has 0 aliphatic heterocycles. The van der Waals surface area contributed by atoms with E-state index in [1.807, 2.05) is 13.0 Å². The number of anilines is 1. The predicted molar refractivity (Wildman–Crippen MR) is 86.1 cm³/mol. The molecule has 1 N–H and O–H groups in total. The zero-order chi connectivity index (χ0) is 15.4. The molecule has 0 atom stereocenters. The number of carbonyl (C=O) groups excluding carboxylic acids is 1. The standard InChI is InChI=1S/C14H16ClN3O2S/c1-3-18(9-10-6-7-12(15)21-10)14(20)16-11-5-4-8-17(2)13(11)19/h4-8H,3,9H2,1-2H3,(H,16,20). The molecule has 21 heavy (non-hydrogen) atoms. The molecule has 0 saturated heterocycles. The highest BCUT2D eigenvalue weighted by atomic mass is 35.5. The van der Waals surface area contributed by atoms with Crippen molar-refractivity contribution in [3.63, 3.8) is 0 Å². The minimum Gasteiger partial charge on any atom is -0.320 e. The van der Waals surface area contributed by atoms with Crippen molar-refractivity contribution in [1.82, 2.24) is 9.47 Å². The molecule has 0 aromatic carbocycles. The molecule has 7 heteroatoms. The summed E-state index contributed by atoms with van der Waals surface area (Å²) in [6.07, 6.45) is 1.64. The van der Waals surface area contributed by atoms with Gasteiger partial charge in [-0.2, -0.15) is 0 Å². The van der Waals surface area contributed by atoms with Crippen LogP contribution in [0.1, 0.15) is 11.8 Å². The van der Waals surface area contributed by atoms with Gasteiger partial charge in [0.25, 0.3) is 5.56 Å². The van der Waals surface area contributed by atoms with Crippen LogP contribution in [-0.2, 0) is 13.6 Å². The van der Waals surface area contributed by atoms with Crippen molar-refractivity contribution < 1.29 is 4.79 Å². The number of nitrogens with zero attached hydrogens (tertiary/aromatic N) is 2. The monoisotopic (exact) mass is 325 g/mol. The van der Waals surface area contributed by atoms with Crippen molar-refractivity contribution in [3.8, 4) is 0 Å². The van der Waals surface area contributed by atoms with Gasteiger partial charge < -0.3 is 14.8 Å². The number of rotatable bonds is 4. The summed E-state index contributed by atoms with van der Waals surface area (Å²) in [5.41, 5.74) is 0.0359. The van der Waals surface area contributed by atoms with Gasteiger partial charge in [0.15, 0.2) is 0 Å². The Balaban J connectivity index is 2.10. The first-order valence-corrected chi connectivity index (χ1v) is 7.66. The molecule has 0 aliphatic carbocycles. The van der Waals surface area contributed by atoms with Crippen molar-refractivity contribution in [2.75, 3.05) is 11.9 Å². The smallest absolute Gasteiger partial charge is 0.320 e. The number of aryl methyl sites for hydroxylation is 1. The summed E-state index contributed by atoms with van der Waals surface area (Å²) in [7, 11) is 1.64. The summed E-state index contributed by atoms with van der Waals surface area (Å²) in [6, 6.07) is 6.71. The molecule has 2 aromatic heterocycles. The highest BCUT2D eigenvalue weighted by Crippen LogP contribution is 2.22. The van der Waals surface area contributed by atoms with E-state index < -0.39 is 0 Å². The third-order valence-corrected chi connectivity index (χ3v) is 4.23. The first kappa shape index (κ1) is 15.6. The molecule has 0 unspecified atom stereocenters. The van der Waals surface area contributed by atoms with Crippen LogP contribution in [0.3, 0.4) is 0 Å². The van der Waals surface area contributed by atoms with E-state index in [9.17, 15) is 9.59 Å². The van der Waals surface area contributed by atoms with E-state index in [1.165, 1.54) is 15.9 Å². The number of halogens is 1. The predicted octanol–water partition coefficient (Wildman–Crippen LogP) is 3.15. The Morgan fingerprint density at radius 2 is 2.19 bits per heavy atom. The average molecular weight is 326 g/mol. The van der Waals surface area contributed by atoms with Gasteiger partial charge in [0, 0.05) is 24.7 Å². The maximum atomic E-state index is 12.3. The normalized spacial score (nSPS) is 10.4. The van der Waals surface area contributed by atoms with Gasteiger partial charge in [-0.1, -0.05) is 11.6 Å². The van der Waals surface area contributed by atoms with E-state index in [2.05, 4.69) is 5.32 Å². The highest BCUT2D eigenvalue weighted by molar-refractivity contribution is 7.16. The zero-order valence-corrected chi connectivity index (χ0v) is 13.4. The lowest BCUT2D eigenvalue weighted by Gasteiger charge is -2.20. The van der Waals surface area contributed by atoms with Gasteiger partial charge >= 0.3 is 6.03 Å². The van der Waals surface area contributed by atoms with E-state index in [1.54, 1.807) is 36.3 Å². The largest absolute Gasteiger partial charge is 0.322 e. The van der Waals surface area contributed by atoms with E-state index in [-0.39, 0.29) is 17.3 Å². The van der Waals surface area contributed by atoms with Gasteiger partial charge in [-0.25, -0.2) is 4.79 Å². The van der Waals surface area contributed by atoms with Crippen molar-refractivity contribution >= 4 is 34.7 Å². The molecule has 2 aromatic rings. The van der Waals surface area contributed by atoms with E-state index in [0.717, 1.165) is 4.88 Å². The Hall–Kier alpha value is -1.79. The molecule has 0 aliphatic rings. The first-order valence-electron chi connectivity index (χ1n) is 6.47. The minimum absolute atomic E-state index is 0.235. The number of carbonyl (C=O) groups is 1. The van der Waals surface area contributed by atoms with Crippen molar-refractivity contribution in [1.29, 1.82) is 0 Å². The number of nitrogens with one attached hydrogen (secondary N) is 1. The van der Waals surface area contributed by atoms with Crippen LogP contribution in [0.2, 0.25) is 4.34 Å². The Bertz CT molecular complexity index is 696. The van der Waals surface area contributed by atoms with Gasteiger partial charge in [0.1, 0.15) is 5.69 Å². The van der Waals surface area contributed by atoms with Crippen LogP contribution in [0.5, 0.6) is 0 Å². The van der Waals surface area contributed by atoms with Gasteiger partial charge in [0.2, 0.25) is 0 Å². The third-order valence-electron chi connectivity index (χ3n) is 3.01. The Labute approximate surface area is 131 Å².